The minimum absolute atomic E-state index is 0. The second-order valence-corrected chi connectivity index (χ2v) is 5.34. The molecule has 0 saturated carbocycles. The van der Waals surface area contributed by atoms with Gasteiger partial charge in [-0.1, -0.05) is 13.8 Å². The molecule has 19 heavy (non-hydrogen) atoms. The zero-order valence-corrected chi connectivity index (χ0v) is 13.9. The summed E-state index contributed by atoms with van der Waals surface area (Å²) in [7, 11) is 3.16. The third-order valence-electron chi connectivity index (χ3n) is 2.91. The highest BCUT2D eigenvalue weighted by molar-refractivity contribution is 9.10. The van der Waals surface area contributed by atoms with Crippen molar-refractivity contribution >= 4 is 28.3 Å². The molecule has 0 radical (unpaired) electrons. The van der Waals surface area contributed by atoms with Crippen LogP contribution in [0.4, 0.5) is 0 Å². The molecule has 0 spiro atoms. The largest absolute Gasteiger partial charge is 0.496 e. The quantitative estimate of drug-likeness (QED) is 0.853. The number of halogens is 2. The molecule has 0 fully saturated rings. The smallest absolute Gasteiger partial charge is 0.133 e. The second-order valence-electron chi connectivity index (χ2n) is 4.49. The topological polar surface area (TPSA) is 64.7 Å². The van der Waals surface area contributed by atoms with Gasteiger partial charge < -0.3 is 20.3 Å². The van der Waals surface area contributed by atoms with Gasteiger partial charge in [-0.15, -0.1) is 12.4 Å². The Hall–Kier alpha value is -0.490. The predicted octanol–water partition coefficient (Wildman–Crippen LogP) is 2.90. The number of aliphatic hydroxyl groups is 1. The fourth-order valence-electron chi connectivity index (χ4n) is 1.74. The molecule has 1 aromatic rings. The van der Waals surface area contributed by atoms with E-state index >= 15 is 0 Å². The van der Waals surface area contributed by atoms with Crippen LogP contribution < -0.4 is 15.2 Å². The van der Waals surface area contributed by atoms with E-state index in [2.05, 4.69) is 15.9 Å². The third-order valence-corrected chi connectivity index (χ3v) is 3.53. The third kappa shape index (κ3) is 4.24. The van der Waals surface area contributed by atoms with E-state index in [0.717, 1.165) is 10.0 Å². The summed E-state index contributed by atoms with van der Waals surface area (Å²) in [6, 6.07) is 3.07. The van der Waals surface area contributed by atoms with Crippen LogP contribution in [-0.4, -0.2) is 25.4 Å². The molecule has 0 aliphatic heterocycles. The van der Waals surface area contributed by atoms with Crippen LogP contribution >= 0.6 is 28.3 Å². The molecule has 0 amide bonds. The number of methoxy groups -OCH3 is 2. The maximum Gasteiger partial charge on any atom is 0.133 e. The number of nitrogens with two attached hydrogens (primary N) is 1. The molecule has 0 saturated heterocycles. The first-order chi connectivity index (χ1) is 8.42. The van der Waals surface area contributed by atoms with Crippen LogP contribution in [0.1, 0.15) is 25.5 Å². The summed E-state index contributed by atoms with van der Waals surface area (Å²) in [6.07, 6.45) is -0.634. The van der Waals surface area contributed by atoms with E-state index in [1.807, 2.05) is 13.8 Å². The van der Waals surface area contributed by atoms with Crippen molar-refractivity contribution in [2.24, 2.45) is 11.7 Å². The monoisotopic (exact) mass is 353 g/mol. The first-order valence-corrected chi connectivity index (χ1v) is 6.56. The van der Waals surface area contributed by atoms with Crippen molar-refractivity contribution in [3.63, 3.8) is 0 Å². The summed E-state index contributed by atoms with van der Waals surface area (Å²) in [5.74, 6) is 1.37. The number of hydrogen-bond donors (Lipinski definition) is 2. The highest BCUT2D eigenvalue weighted by Gasteiger charge is 2.24. The van der Waals surface area contributed by atoms with Crippen LogP contribution in [0.5, 0.6) is 11.5 Å². The molecule has 0 aliphatic rings. The summed E-state index contributed by atoms with van der Waals surface area (Å²) in [4.78, 5) is 0. The lowest BCUT2D eigenvalue weighted by atomic mass is 9.93. The zero-order valence-electron chi connectivity index (χ0n) is 11.5. The van der Waals surface area contributed by atoms with Crippen molar-refractivity contribution in [2.45, 2.75) is 26.0 Å². The summed E-state index contributed by atoms with van der Waals surface area (Å²) in [6.45, 7) is 3.85. The number of aliphatic hydroxyl groups excluding tert-OH is 1. The molecule has 3 N–H and O–H groups in total. The Morgan fingerprint density at radius 1 is 1.16 bits per heavy atom. The molecule has 1 aromatic carbocycles. The van der Waals surface area contributed by atoms with Gasteiger partial charge in [0.1, 0.15) is 11.5 Å². The van der Waals surface area contributed by atoms with E-state index in [4.69, 9.17) is 15.2 Å². The molecule has 110 valence electrons. The van der Waals surface area contributed by atoms with Crippen LogP contribution in [-0.2, 0) is 0 Å². The van der Waals surface area contributed by atoms with Gasteiger partial charge in [0.15, 0.2) is 0 Å². The van der Waals surface area contributed by atoms with E-state index in [1.165, 1.54) is 0 Å². The first kappa shape index (κ1) is 18.5. The Bertz CT molecular complexity index is 415. The average molecular weight is 355 g/mol. The molecule has 0 heterocycles. The van der Waals surface area contributed by atoms with Gasteiger partial charge in [0.05, 0.1) is 30.8 Å². The van der Waals surface area contributed by atoms with Crippen molar-refractivity contribution in [3.05, 3.63) is 22.2 Å². The van der Waals surface area contributed by atoms with E-state index in [0.29, 0.717) is 11.5 Å². The Kier molecular flexibility index (Phi) is 7.74. The Balaban J connectivity index is 0.00000324. The minimum Gasteiger partial charge on any atom is -0.496 e. The second kappa shape index (κ2) is 7.94. The first-order valence-electron chi connectivity index (χ1n) is 5.77. The van der Waals surface area contributed by atoms with Crippen LogP contribution in [0.3, 0.4) is 0 Å². The molecule has 1 rings (SSSR count). The van der Waals surface area contributed by atoms with E-state index in [1.54, 1.807) is 26.4 Å². The van der Waals surface area contributed by atoms with Gasteiger partial charge in [0, 0.05) is 5.56 Å². The minimum atomic E-state index is -0.634. The van der Waals surface area contributed by atoms with Crippen LogP contribution in [0.25, 0.3) is 0 Å². The van der Waals surface area contributed by atoms with Gasteiger partial charge in [0.25, 0.3) is 0 Å². The fraction of sp³-hybridized carbons (Fsp3) is 0.538. The maximum absolute atomic E-state index is 10.1. The molecular weight excluding hydrogens is 334 g/mol. The average Bonchev–Trinajstić information content (AvgIpc) is 2.36. The van der Waals surface area contributed by atoms with Gasteiger partial charge in [-0.05, 0) is 34.0 Å². The van der Waals surface area contributed by atoms with Crippen molar-refractivity contribution in [1.29, 1.82) is 0 Å². The highest BCUT2D eigenvalue weighted by atomic mass is 79.9. The molecule has 0 aliphatic carbocycles. The molecular formula is C13H21BrClNO3. The van der Waals surface area contributed by atoms with Crippen LogP contribution in [0, 0.1) is 5.92 Å². The summed E-state index contributed by atoms with van der Waals surface area (Å²) >= 11 is 3.39. The SMILES string of the molecule is COc1cc([C@H](N)[C@H](O)C(C)C)c(OC)cc1Br.Cl. The summed E-state index contributed by atoms with van der Waals surface area (Å²) in [5, 5.41) is 10.1. The van der Waals surface area contributed by atoms with Gasteiger partial charge in [-0.2, -0.15) is 0 Å². The van der Waals surface area contributed by atoms with Crippen LogP contribution in [0.2, 0.25) is 0 Å². The van der Waals surface area contributed by atoms with Gasteiger partial charge >= 0.3 is 0 Å². The normalized spacial score (nSPS) is 13.7. The molecule has 0 aromatic heterocycles. The van der Waals surface area contributed by atoms with E-state index in [9.17, 15) is 5.11 Å². The van der Waals surface area contributed by atoms with Gasteiger partial charge in [-0.25, -0.2) is 0 Å². The lowest BCUT2D eigenvalue weighted by Crippen LogP contribution is -2.30. The number of ether oxygens (including phenoxy) is 2. The number of rotatable bonds is 5. The lowest BCUT2D eigenvalue weighted by Gasteiger charge is -2.24. The fourth-order valence-corrected chi connectivity index (χ4v) is 2.23. The zero-order chi connectivity index (χ0) is 13.9. The Morgan fingerprint density at radius 3 is 2.11 bits per heavy atom. The van der Waals surface area contributed by atoms with Crippen molar-refractivity contribution in [2.75, 3.05) is 14.2 Å². The van der Waals surface area contributed by atoms with Gasteiger partial charge in [0.2, 0.25) is 0 Å². The molecule has 2 atom stereocenters. The summed E-state index contributed by atoms with van der Waals surface area (Å²) in [5.41, 5.74) is 6.82. The number of benzene rings is 1. The van der Waals surface area contributed by atoms with Crippen molar-refractivity contribution in [1.82, 2.24) is 0 Å². The summed E-state index contributed by atoms with van der Waals surface area (Å²) < 4.78 is 11.3. The van der Waals surface area contributed by atoms with E-state index in [-0.39, 0.29) is 18.3 Å². The predicted molar refractivity (Wildman–Crippen MR) is 82.3 cm³/mol. The maximum atomic E-state index is 10.1. The molecule has 4 nitrogen and oxygen atoms in total. The van der Waals surface area contributed by atoms with E-state index < -0.39 is 12.1 Å². The van der Waals surface area contributed by atoms with Crippen LogP contribution in [0.15, 0.2) is 16.6 Å². The standard InChI is InChI=1S/C13H20BrNO3.ClH/c1-7(2)13(16)12(15)8-5-11(18-4)9(14)6-10(8)17-3;/h5-7,12-13,16H,15H2,1-4H3;1H/t12-,13+;/m0./s1. The molecule has 0 bridgehead atoms. The Morgan fingerprint density at radius 2 is 1.68 bits per heavy atom. The van der Waals surface area contributed by atoms with Crippen molar-refractivity contribution < 1.29 is 14.6 Å². The van der Waals surface area contributed by atoms with Crippen molar-refractivity contribution in [3.8, 4) is 11.5 Å². The van der Waals surface area contributed by atoms with Gasteiger partial charge in [-0.3, -0.25) is 0 Å². The Labute approximate surface area is 128 Å². The highest BCUT2D eigenvalue weighted by Crippen LogP contribution is 2.36. The molecule has 6 heteroatoms. The molecule has 0 unspecified atom stereocenters. The lowest BCUT2D eigenvalue weighted by molar-refractivity contribution is 0.0968. The number of hydrogen-bond acceptors (Lipinski definition) is 4.